The minimum absolute atomic E-state index is 0.0958. The van der Waals surface area contributed by atoms with E-state index in [0.717, 1.165) is 25.9 Å². The molecule has 0 saturated carbocycles. The van der Waals surface area contributed by atoms with E-state index in [1.807, 2.05) is 4.90 Å². The summed E-state index contributed by atoms with van der Waals surface area (Å²) >= 11 is 0. The fourth-order valence-corrected chi connectivity index (χ4v) is 1.67. The van der Waals surface area contributed by atoms with Gasteiger partial charge in [-0.2, -0.15) is 0 Å². The lowest BCUT2D eigenvalue weighted by Gasteiger charge is -2.28. The van der Waals surface area contributed by atoms with Gasteiger partial charge in [-0.15, -0.1) is 0 Å². The zero-order valence-corrected chi connectivity index (χ0v) is 12.0. The Labute approximate surface area is 101 Å². The van der Waals surface area contributed by atoms with Crippen LogP contribution in [0.1, 0.15) is 60.8 Å². The van der Waals surface area contributed by atoms with Crippen molar-refractivity contribution in [3.05, 3.63) is 0 Å². The highest BCUT2D eigenvalue weighted by molar-refractivity contribution is 5.76. The van der Waals surface area contributed by atoms with E-state index in [1.54, 1.807) is 0 Å². The van der Waals surface area contributed by atoms with Crippen molar-refractivity contribution in [2.75, 3.05) is 13.1 Å². The molecule has 0 heterocycles. The van der Waals surface area contributed by atoms with Gasteiger partial charge in [-0.3, -0.25) is 4.79 Å². The van der Waals surface area contributed by atoms with Gasteiger partial charge in [0.2, 0.25) is 5.91 Å². The third-order valence-electron chi connectivity index (χ3n) is 2.40. The van der Waals surface area contributed by atoms with Crippen LogP contribution in [0.3, 0.4) is 0 Å². The molecule has 0 saturated heterocycles. The molecular formula is C14H29NO. The van der Waals surface area contributed by atoms with E-state index < -0.39 is 0 Å². The smallest absolute Gasteiger partial charge is 0.223 e. The molecule has 0 bridgehead atoms. The normalized spacial score (nSPS) is 11.9. The quantitative estimate of drug-likeness (QED) is 0.677. The van der Waals surface area contributed by atoms with E-state index in [-0.39, 0.29) is 5.41 Å². The molecule has 0 radical (unpaired) electrons. The van der Waals surface area contributed by atoms with Crippen LogP contribution in [0.5, 0.6) is 0 Å². The molecule has 2 nitrogen and oxygen atoms in total. The van der Waals surface area contributed by atoms with Gasteiger partial charge in [0.15, 0.2) is 0 Å². The molecule has 0 rings (SSSR count). The summed E-state index contributed by atoms with van der Waals surface area (Å²) in [7, 11) is 0. The Bertz CT molecular complexity index is 203. The Hall–Kier alpha value is -0.530. The topological polar surface area (TPSA) is 20.3 Å². The summed E-state index contributed by atoms with van der Waals surface area (Å²) in [4.78, 5) is 14.2. The van der Waals surface area contributed by atoms with Crippen LogP contribution in [-0.4, -0.2) is 23.9 Å². The van der Waals surface area contributed by atoms with Crippen molar-refractivity contribution >= 4 is 5.91 Å². The molecule has 2 heteroatoms. The molecule has 0 aliphatic heterocycles. The van der Waals surface area contributed by atoms with Crippen LogP contribution in [-0.2, 0) is 4.79 Å². The number of hydrogen-bond acceptors (Lipinski definition) is 1. The van der Waals surface area contributed by atoms with Crippen LogP contribution in [0.15, 0.2) is 0 Å². The van der Waals surface area contributed by atoms with E-state index in [9.17, 15) is 4.79 Å². The van der Waals surface area contributed by atoms with E-state index in [0.29, 0.717) is 18.2 Å². The standard InChI is InChI=1S/C14H29NO/c1-7-8-9-15(11-12(2)3)13(16)10-14(4,5)6/h12H,7-11H2,1-6H3. The minimum atomic E-state index is 0.0958. The molecule has 0 aromatic rings. The van der Waals surface area contributed by atoms with Crippen molar-refractivity contribution in [1.29, 1.82) is 0 Å². The Morgan fingerprint density at radius 2 is 1.81 bits per heavy atom. The second-order valence-corrected chi connectivity index (χ2v) is 6.32. The fraction of sp³-hybridized carbons (Fsp3) is 0.929. The van der Waals surface area contributed by atoms with Crippen LogP contribution < -0.4 is 0 Å². The minimum Gasteiger partial charge on any atom is -0.342 e. The maximum atomic E-state index is 12.1. The van der Waals surface area contributed by atoms with Crippen molar-refractivity contribution in [3.63, 3.8) is 0 Å². The molecule has 16 heavy (non-hydrogen) atoms. The number of nitrogens with zero attached hydrogens (tertiary/aromatic N) is 1. The lowest BCUT2D eigenvalue weighted by molar-refractivity contribution is -0.133. The molecule has 0 fully saturated rings. The molecule has 96 valence electrons. The van der Waals surface area contributed by atoms with Gasteiger partial charge >= 0.3 is 0 Å². The third kappa shape index (κ3) is 7.72. The number of carbonyl (C=O) groups excluding carboxylic acids is 1. The molecule has 1 amide bonds. The Morgan fingerprint density at radius 1 is 1.25 bits per heavy atom. The first-order chi connectivity index (χ1) is 7.26. The summed E-state index contributed by atoms with van der Waals surface area (Å²) in [5.41, 5.74) is 0.0958. The summed E-state index contributed by atoms with van der Waals surface area (Å²) in [5, 5.41) is 0. The zero-order valence-electron chi connectivity index (χ0n) is 12.0. The monoisotopic (exact) mass is 227 g/mol. The van der Waals surface area contributed by atoms with Crippen molar-refractivity contribution in [1.82, 2.24) is 4.90 Å². The first-order valence-electron chi connectivity index (χ1n) is 6.54. The van der Waals surface area contributed by atoms with E-state index in [2.05, 4.69) is 41.5 Å². The number of amides is 1. The second-order valence-electron chi connectivity index (χ2n) is 6.32. The predicted octanol–water partition coefficient (Wildman–Crippen LogP) is 3.71. The van der Waals surface area contributed by atoms with E-state index in [4.69, 9.17) is 0 Å². The summed E-state index contributed by atoms with van der Waals surface area (Å²) in [6, 6.07) is 0. The molecule has 0 unspecified atom stereocenters. The average molecular weight is 227 g/mol. The van der Waals surface area contributed by atoms with Gasteiger partial charge in [-0.1, -0.05) is 48.0 Å². The van der Waals surface area contributed by atoms with Gasteiger partial charge in [-0.05, 0) is 17.8 Å². The highest BCUT2D eigenvalue weighted by Crippen LogP contribution is 2.20. The lowest BCUT2D eigenvalue weighted by atomic mass is 9.91. The van der Waals surface area contributed by atoms with E-state index in [1.165, 1.54) is 0 Å². The number of hydrogen-bond donors (Lipinski definition) is 0. The summed E-state index contributed by atoms with van der Waals surface area (Å²) in [6.45, 7) is 14.7. The second kappa shape index (κ2) is 6.93. The molecule has 0 aliphatic carbocycles. The summed E-state index contributed by atoms with van der Waals surface area (Å²) < 4.78 is 0. The number of carbonyl (C=O) groups is 1. The molecule has 0 aromatic carbocycles. The van der Waals surface area contributed by atoms with Crippen molar-refractivity contribution in [3.8, 4) is 0 Å². The van der Waals surface area contributed by atoms with Crippen LogP contribution in [0, 0.1) is 11.3 Å². The maximum absolute atomic E-state index is 12.1. The van der Waals surface area contributed by atoms with Gasteiger partial charge in [-0.25, -0.2) is 0 Å². The fourth-order valence-electron chi connectivity index (χ4n) is 1.67. The summed E-state index contributed by atoms with van der Waals surface area (Å²) in [6.07, 6.45) is 2.92. The van der Waals surface area contributed by atoms with Crippen molar-refractivity contribution in [2.24, 2.45) is 11.3 Å². The zero-order chi connectivity index (χ0) is 12.8. The number of rotatable bonds is 6. The van der Waals surface area contributed by atoms with Crippen LogP contribution in [0.25, 0.3) is 0 Å². The molecule has 0 N–H and O–H groups in total. The van der Waals surface area contributed by atoms with Crippen LogP contribution in [0.2, 0.25) is 0 Å². The predicted molar refractivity (Wildman–Crippen MR) is 70.4 cm³/mol. The van der Waals surface area contributed by atoms with Gasteiger partial charge in [0.25, 0.3) is 0 Å². The molecule has 0 aromatic heterocycles. The SMILES string of the molecule is CCCCN(CC(C)C)C(=O)CC(C)(C)C. The third-order valence-corrected chi connectivity index (χ3v) is 2.40. The van der Waals surface area contributed by atoms with Crippen molar-refractivity contribution in [2.45, 2.75) is 60.8 Å². The Morgan fingerprint density at radius 3 is 2.19 bits per heavy atom. The van der Waals surface area contributed by atoms with Gasteiger partial charge < -0.3 is 4.90 Å². The van der Waals surface area contributed by atoms with E-state index >= 15 is 0 Å². The molecule has 0 aliphatic rings. The van der Waals surface area contributed by atoms with Crippen LogP contribution in [0.4, 0.5) is 0 Å². The van der Waals surface area contributed by atoms with Gasteiger partial charge in [0.1, 0.15) is 0 Å². The Balaban J connectivity index is 4.31. The maximum Gasteiger partial charge on any atom is 0.223 e. The first-order valence-corrected chi connectivity index (χ1v) is 6.54. The number of unbranched alkanes of at least 4 members (excludes halogenated alkanes) is 1. The molecule has 0 spiro atoms. The summed E-state index contributed by atoms with van der Waals surface area (Å²) in [5.74, 6) is 0.871. The van der Waals surface area contributed by atoms with Crippen LogP contribution >= 0.6 is 0 Å². The highest BCUT2D eigenvalue weighted by Gasteiger charge is 2.21. The average Bonchev–Trinajstić information content (AvgIpc) is 2.08. The Kier molecular flexibility index (Phi) is 6.70. The van der Waals surface area contributed by atoms with Gasteiger partial charge in [0.05, 0.1) is 0 Å². The lowest BCUT2D eigenvalue weighted by Crippen LogP contribution is -2.37. The molecular weight excluding hydrogens is 198 g/mol. The first kappa shape index (κ1) is 15.5. The molecule has 0 atom stereocenters. The largest absolute Gasteiger partial charge is 0.342 e. The van der Waals surface area contributed by atoms with Gasteiger partial charge in [0, 0.05) is 19.5 Å². The highest BCUT2D eigenvalue weighted by atomic mass is 16.2. The van der Waals surface area contributed by atoms with Crippen molar-refractivity contribution < 1.29 is 4.79 Å².